The van der Waals surface area contributed by atoms with Gasteiger partial charge < -0.3 is 15.0 Å². The molecule has 2 aliphatic rings. The molecule has 1 aromatic heterocycles. The zero-order valence-electron chi connectivity index (χ0n) is 16.3. The molecule has 3 heterocycles. The summed E-state index contributed by atoms with van der Waals surface area (Å²) in [4.78, 5) is 17.1. The fourth-order valence-corrected chi connectivity index (χ4v) is 3.68. The van der Waals surface area contributed by atoms with Gasteiger partial charge in [0.2, 0.25) is 0 Å². The summed E-state index contributed by atoms with van der Waals surface area (Å²) in [6.07, 6.45) is 2.34. The molecule has 2 aliphatic heterocycles. The zero-order chi connectivity index (χ0) is 18.5. The maximum Gasteiger partial charge on any atom is 0.276 e. The van der Waals surface area contributed by atoms with Crippen LogP contribution >= 0.6 is 0 Å². The number of piperazine rings is 1. The van der Waals surface area contributed by atoms with Crippen molar-refractivity contribution in [2.24, 2.45) is 0 Å². The van der Waals surface area contributed by atoms with E-state index >= 15 is 0 Å². The summed E-state index contributed by atoms with van der Waals surface area (Å²) in [7, 11) is 0. The van der Waals surface area contributed by atoms with Crippen LogP contribution in [0.3, 0.4) is 0 Å². The van der Waals surface area contributed by atoms with E-state index in [2.05, 4.69) is 34.4 Å². The number of nitrogens with zero attached hydrogens (tertiary/aromatic N) is 5. The van der Waals surface area contributed by atoms with Gasteiger partial charge in [0.1, 0.15) is 0 Å². The van der Waals surface area contributed by atoms with E-state index in [9.17, 15) is 4.79 Å². The molecule has 8 heteroatoms. The van der Waals surface area contributed by atoms with E-state index in [0.717, 1.165) is 71.0 Å². The van der Waals surface area contributed by atoms with Crippen molar-refractivity contribution in [1.29, 1.82) is 0 Å². The second-order valence-electron chi connectivity index (χ2n) is 7.50. The van der Waals surface area contributed by atoms with E-state index in [1.54, 1.807) is 0 Å². The van der Waals surface area contributed by atoms with Crippen LogP contribution in [-0.4, -0.2) is 89.2 Å². The molecular weight excluding hydrogens is 332 g/mol. The minimum atomic E-state index is 0.0146. The van der Waals surface area contributed by atoms with Crippen molar-refractivity contribution in [3.8, 4) is 0 Å². The van der Waals surface area contributed by atoms with Crippen LogP contribution in [0, 0.1) is 6.92 Å². The Morgan fingerprint density at radius 2 is 1.92 bits per heavy atom. The molecule has 0 bridgehead atoms. The van der Waals surface area contributed by atoms with Gasteiger partial charge in [0.25, 0.3) is 5.91 Å². The molecule has 0 spiro atoms. The smallest absolute Gasteiger partial charge is 0.276 e. The lowest BCUT2D eigenvalue weighted by atomic mass is 10.1. The molecule has 0 aliphatic carbocycles. The fourth-order valence-electron chi connectivity index (χ4n) is 3.68. The summed E-state index contributed by atoms with van der Waals surface area (Å²) in [5.41, 5.74) is 1.41. The molecule has 0 saturated carbocycles. The molecule has 0 atom stereocenters. The molecular formula is C18H32N6O2. The SMILES string of the molecule is Cc1c(C(=O)N2CCN(CCOC(C)C)CC2)nnn1C1CCNCC1. The van der Waals surface area contributed by atoms with Crippen LogP contribution in [0.4, 0.5) is 0 Å². The van der Waals surface area contributed by atoms with Crippen LogP contribution in [0.1, 0.15) is 48.9 Å². The first kappa shape index (κ1) is 19.3. The van der Waals surface area contributed by atoms with Crippen LogP contribution < -0.4 is 5.32 Å². The number of nitrogens with one attached hydrogen (secondary N) is 1. The first-order valence-electron chi connectivity index (χ1n) is 9.82. The highest BCUT2D eigenvalue weighted by molar-refractivity contribution is 5.93. The third-order valence-corrected chi connectivity index (χ3v) is 5.30. The van der Waals surface area contributed by atoms with Gasteiger partial charge in [-0.25, -0.2) is 4.68 Å². The van der Waals surface area contributed by atoms with Crippen molar-refractivity contribution in [2.45, 2.75) is 45.8 Å². The van der Waals surface area contributed by atoms with Crippen LogP contribution in [-0.2, 0) is 4.74 Å². The molecule has 1 aromatic rings. The van der Waals surface area contributed by atoms with Crippen molar-refractivity contribution in [2.75, 3.05) is 52.4 Å². The van der Waals surface area contributed by atoms with Gasteiger partial charge in [0, 0.05) is 32.7 Å². The van der Waals surface area contributed by atoms with E-state index in [1.807, 2.05) is 16.5 Å². The van der Waals surface area contributed by atoms with E-state index in [4.69, 9.17) is 4.74 Å². The predicted octanol–water partition coefficient (Wildman–Crippen LogP) is 0.694. The molecule has 2 fully saturated rings. The molecule has 0 radical (unpaired) electrons. The summed E-state index contributed by atoms with van der Waals surface area (Å²) in [6.45, 7) is 13.0. The summed E-state index contributed by atoms with van der Waals surface area (Å²) in [5, 5.41) is 11.9. The normalized spacial score (nSPS) is 20.1. The first-order valence-corrected chi connectivity index (χ1v) is 9.82. The Kier molecular flexibility index (Phi) is 6.61. The number of ether oxygens (including phenoxy) is 1. The maximum absolute atomic E-state index is 12.9. The Morgan fingerprint density at radius 1 is 1.23 bits per heavy atom. The van der Waals surface area contributed by atoms with Gasteiger partial charge in [-0.3, -0.25) is 9.69 Å². The number of hydrogen-bond donors (Lipinski definition) is 1. The van der Waals surface area contributed by atoms with Gasteiger partial charge in [-0.1, -0.05) is 5.21 Å². The van der Waals surface area contributed by atoms with Gasteiger partial charge >= 0.3 is 0 Å². The highest BCUT2D eigenvalue weighted by Gasteiger charge is 2.28. The number of rotatable bonds is 6. The van der Waals surface area contributed by atoms with Gasteiger partial charge in [0.15, 0.2) is 5.69 Å². The Hall–Kier alpha value is -1.51. The molecule has 2 saturated heterocycles. The molecule has 0 aromatic carbocycles. The van der Waals surface area contributed by atoms with Crippen LogP contribution in [0.15, 0.2) is 0 Å². The second kappa shape index (κ2) is 8.92. The molecule has 146 valence electrons. The van der Waals surface area contributed by atoms with Crippen molar-refractivity contribution < 1.29 is 9.53 Å². The molecule has 26 heavy (non-hydrogen) atoms. The summed E-state index contributed by atoms with van der Waals surface area (Å²) in [5.74, 6) is 0.0146. The quantitative estimate of drug-likeness (QED) is 0.801. The summed E-state index contributed by atoms with van der Waals surface area (Å²) < 4.78 is 7.57. The monoisotopic (exact) mass is 364 g/mol. The van der Waals surface area contributed by atoms with Crippen molar-refractivity contribution >= 4 is 5.91 Å². The standard InChI is InChI=1S/C18H32N6O2/c1-14(2)26-13-12-22-8-10-23(11-9-22)18(25)17-15(3)24(21-20-17)16-4-6-19-7-5-16/h14,16,19H,4-13H2,1-3H3. The Balaban J connectivity index is 1.53. The van der Waals surface area contributed by atoms with E-state index in [-0.39, 0.29) is 12.0 Å². The average molecular weight is 364 g/mol. The van der Waals surface area contributed by atoms with Crippen molar-refractivity contribution in [3.05, 3.63) is 11.4 Å². The molecule has 0 unspecified atom stereocenters. The highest BCUT2D eigenvalue weighted by atomic mass is 16.5. The zero-order valence-corrected chi connectivity index (χ0v) is 16.3. The minimum Gasteiger partial charge on any atom is -0.377 e. The largest absolute Gasteiger partial charge is 0.377 e. The topological polar surface area (TPSA) is 75.5 Å². The van der Waals surface area contributed by atoms with E-state index in [0.29, 0.717) is 11.7 Å². The fraction of sp³-hybridized carbons (Fsp3) is 0.833. The summed E-state index contributed by atoms with van der Waals surface area (Å²) >= 11 is 0. The van der Waals surface area contributed by atoms with Gasteiger partial charge in [0.05, 0.1) is 24.4 Å². The number of aromatic nitrogens is 3. The Morgan fingerprint density at radius 3 is 2.58 bits per heavy atom. The number of carbonyl (C=O) groups is 1. The third-order valence-electron chi connectivity index (χ3n) is 5.30. The lowest BCUT2D eigenvalue weighted by Gasteiger charge is -2.34. The molecule has 1 amide bonds. The number of carbonyl (C=O) groups excluding carboxylic acids is 1. The Labute approximate surface area is 155 Å². The number of piperidine rings is 1. The first-order chi connectivity index (χ1) is 12.6. The van der Waals surface area contributed by atoms with Crippen molar-refractivity contribution in [3.63, 3.8) is 0 Å². The maximum atomic E-state index is 12.9. The Bertz CT molecular complexity index is 589. The lowest BCUT2D eigenvalue weighted by molar-refractivity contribution is 0.0404. The molecule has 1 N–H and O–H groups in total. The average Bonchev–Trinajstić information content (AvgIpc) is 3.03. The molecule has 3 rings (SSSR count). The minimum absolute atomic E-state index is 0.0146. The van der Waals surface area contributed by atoms with E-state index in [1.165, 1.54) is 0 Å². The van der Waals surface area contributed by atoms with Crippen molar-refractivity contribution in [1.82, 2.24) is 30.1 Å². The predicted molar refractivity (Wildman–Crippen MR) is 99.3 cm³/mol. The molecule has 8 nitrogen and oxygen atoms in total. The number of hydrogen-bond acceptors (Lipinski definition) is 6. The number of amides is 1. The van der Waals surface area contributed by atoms with Crippen LogP contribution in [0.5, 0.6) is 0 Å². The highest BCUT2D eigenvalue weighted by Crippen LogP contribution is 2.21. The summed E-state index contributed by atoms with van der Waals surface area (Å²) in [6, 6.07) is 0.350. The van der Waals surface area contributed by atoms with Gasteiger partial charge in [-0.2, -0.15) is 0 Å². The second-order valence-corrected chi connectivity index (χ2v) is 7.50. The third kappa shape index (κ3) is 4.61. The van der Waals surface area contributed by atoms with Gasteiger partial charge in [-0.15, -0.1) is 5.10 Å². The van der Waals surface area contributed by atoms with Crippen LogP contribution in [0.25, 0.3) is 0 Å². The lowest BCUT2D eigenvalue weighted by Crippen LogP contribution is -2.49. The van der Waals surface area contributed by atoms with E-state index < -0.39 is 0 Å². The van der Waals surface area contributed by atoms with Crippen LogP contribution in [0.2, 0.25) is 0 Å². The van der Waals surface area contributed by atoms with Gasteiger partial charge in [-0.05, 0) is 46.7 Å².